The number of hydrogen-bond acceptors (Lipinski definition) is 4. The molecule has 0 aliphatic carbocycles. The van der Waals surface area contributed by atoms with Gasteiger partial charge < -0.3 is 14.2 Å². The lowest BCUT2D eigenvalue weighted by molar-refractivity contribution is 0.669. The molecule has 0 saturated heterocycles. The summed E-state index contributed by atoms with van der Waals surface area (Å²) in [7, 11) is 0. The van der Waals surface area contributed by atoms with Crippen LogP contribution in [0.2, 0.25) is 0 Å². The molecule has 0 radical (unpaired) electrons. The second-order valence-electron chi connectivity index (χ2n) is 14.1. The highest BCUT2D eigenvalue weighted by molar-refractivity contribution is 7.25. The van der Waals surface area contributed by atoms with Crippen LogP contribution in [-0.4, -0.2) is 0 Å². The SMILES string of the molecule is c1ccc(N(c2ccc(-c3ccc(N(c4ccccc4)c4cccc5c4oc4ccccc45)c4ccccc34)cc2)c2ccc3sc4ccccc4c3c2)cc1. The Morgan fingerprint density at radius 3 is 1.71 bits per heavy atom. The molecule has 0 saturated carbocycles. The Labute approximate surface area is 328 Å². The first kappa shape index (κ1) is 32.3. The summed E-state index contributed by atoms with van der Waals surface area (Å²) in [6.45, 7) is 0. The first-order valence-electron chi connectivity index (χ1n) is 18.9. The maximum absolute atomic E-state index is 6.60. The minimum Gasteiger partial charge on any atom is -0.454 e. The van der Waals surface area contributed by atoms with Crippen molar-refractivity contribution in [3.05, 3.63) is 206 Å². The van der Waals surface area contributed by atoms with E-state index in [4.69, 9.17) is 4.42 Å². The van der Waals surface area contributed by atoms with E-state index in [1.165, 1.54) is 31.1 Å². The van der Waals surface area contributed by atoms with E-state index in [2.05, 4.69) is 204 Å². The first-order valence-corrected chi connectivity index (χ1v) is 19.7. The van der Waals surface area contributed by atoms with Crippen LogP contribution < -0.4 is 9.80 Å². The van der Waals surface area contributed by atoms with Crippen LogP contribution in [0.3, 0.4) is 0 Å². The number of thiophene rings is 1. The van der Waals surface area contributed by atoms with E-state index < -0.39 is 0 Å². The van der Waals surface area contributed by atoms with Crippen molar-refractivity contribution >= 4 is 98.3 Å². The fraction of sp³-hybridized carbons (Fsp3) is 0. The lowest BCUT2D eigenvalue weighted by Crippen LogP contribution is -2.11. The Kier molecular flexibility index (Phi) is 7.68. The Morgan fingerprint density at radius 2 is 0.929 bits per heavy atom. The second kappa shape index (κ2) is 13.3. The predicted molar refractivity (Wildman–Crippen MR) is 239 cm³/mol. The largest absolute Gasteiger partial charge is 0.454 e. The lowest BCUT2D eigenvalue weighted by Gasteiger charge is -2.27. The molecule has 0 amide bonds. The van der Waals surface area contributed by atoms with Crippen molar-refractivity contribution in [2.75, 3.05) is 9.80 Å². The van der Waals surface area contributed by atoms with Gasteiger partial charge in [-0.25, -0.2) is 0 Å². The highest BCUT2D eigenvalue weighted by Gasteiger charge is 2.22. The predicted octanol–water partition coefficient (Wildman–Crippen LogP) is 15.7. The quantitative estimate of drug-likeness (QED) is 0.163. The van der Waals surface area contributed by atoms with Gasteiger partial charge in [-0.1, -0.05) is 127 Å². The average molecular weight is 735 g/mol. The number of nitrogens with zero attached hydrogens (tertiary/aromatic N) is 2. The summed E-state index contributed by atoms with van der Waals surface area (Å²) < 4.78 is 9.21. The minimum absolute atomic E-state index is 0.871. The van der Waals surface area contributed by atoms with Gasteiger partial charge in [-0.05, 0) is 95.4 Å². The molecule has 0 N–H and O–H groups in total. The second-order valence-corrected chi connectivity index (χ2v) is 15.2. The topological polar surface area (TPSA) is 19.6 Å². The van der Waals surface area contributed by atoms with E-state index in [0.717, 1.165) is 67.0 Å². The van der Waals surface area contributed by atoms with Crippen LogP contribution in [0.5, 0.6) is 0 Å². The van der Waals surface area contributed by atoms with Gasteiger partial charge in [-0.3, -0.25) is 0 Å². The molecular formula is C52H34N2OS. The standard InChI is InChI=1S/C52H34N2OS/c1-3-14-36(15-4-1)53(39-30-33-51-46(34-39)44-21-10-12-25-50(44)56-51)38-28-26-35(27-29-38)40-31-32-47(42-19-8-7-18-41(40)42)54(37-16-5-2-6-17-37)48-23-13-22-45-43-20-9-11-24-49(43)55-52(45)48/h1-34H. The van der Waals surface area contributed by atoms with Crippen LogP contribution in [-0.2, 0) is 0 Å². The summed E-state index contributed by atoms with van der Waals surface area (Å²) in [6, 6.07) is 73.8. The van der Waals surface area contributed by atoms with Crippen LogP contribution in [0, 0.1) is 0 Å². The van der Waals surface area contributed by atoms with Gasteiger partial charge in [0.1, 0.15) is 5.58 Å². The molecule has 2 aromatic heterocycles. The van der Waals surface area contributed by atoms with Gasteiger partial charge in [-0.15, -0.1) is 11.3 Å². The number of furan rings is 1. The van der Waals surface area contributed by atoms with Crippen LogP contribution in [0.15, 0.2) is 211 Å². The number of fused-ring (bicyclic) bond motifs is 7. The maximum Gasteiger partial charge on any atom is 0.159 e. The monoisotopic (exact) mass is 734 g/mol. The van der Waals surface area contributed by atoms with Crippen molar-refractivity contribution in [3.8, 4) is 11.1 Å². The third-order valence-corrected chi connectivity index (χ3v) is 12.0. The van der Waals surface area contributed by atoms with Crippen molar-refractivity contribution in [1.29, 1.82) is 0 Å². The normalized spacial score (nSPS) is 11.6. The van der Waals surface area contributed by atoms with Crippen LogP contribution >= 0.6 is 11.3 Å². The van der Waals surface area contributed by atoms with Gasteiger partial charge in [0.15, 0.2) is 5.58 Å². The third-order valence-electron chi connectivity index (χ3n) is 10.9. The van der Waals surface area contributed by atoms with E-state index in [1.807, 2.05) is 23.5 Å². The van der Waals surface area contributed by atoms with E-state index in [1.54, 1.807) is 0 Å². The molecule has 4 heteroatoms. The Balaban J connectivity index is 1.03. The van der Waals surface area contributed by atoms with Gasteiger partial charge >= 0.3 is 0 Å². The van der Waals surface area contributed by atoms with E-state index in [0.29, 0.717) is 0 Å². The van der Waals surface area contributed by atoms with E-state index in [9.17, 15) is 0 Å². The summed E-state index contributed by atoms with van der Waals surface area (Å²) in [4.78, 5) is 4.69. The molecule has 0 spiro atoms. The molecule has 264 valence electrons. The van der Waals surface area contributed by atoms with Crippen molar-refractivity contribution in [1.82, 2.24) is 0 Å². The third kappa shape index (κ3) is 5.34. The molecular weight excluding hydrogens is 701 g/mol. The molecule has 0 fully saturated rings. The highest BCUT2D eigenvalue weighted by Crippen LogP contribution is 2.46. The molecule has 11 rings (SSSR count). The van der Waals surface area contributed by atoms with E-state index >= 15 is 0 Å². The van der Waals surface area contributed by atoms with Gasteiger partial charge in [0.2, 0.25) is 0 Å². The maximum atomic E-state index is 6.60. The Morgan fingerprint density at radius 1 is 0.339 bits per heavy atom. The molecule has 0 aliphatic rings. The van der Waals surface area contributed by atoms with Crippen molar-refractivity contribution in [3.63, 3.8) is 0 Å². The molecule has 11 aromatic rings. The molecule has 0 bridgehead atoms. The molecule has 3 nitrogen and oxygen atoms in total. The zero-order valence-corrected chi connectivity index (χ0v) is 31.2. The molecule has 2 heterocycles. The zero-order chi connectivity index (χ0) is 37.0. The molecule has 9 aromatic carbocycles. The van der Waals surface area contributed by atoms with Crippen LogP contribution in [0.25, 0.3) is 64.0 Å². The molecule has 0 atom stereocenters. The summed E-state index contributed by atoms with van der Waals surface area (Å²) in [5, 5.41) is 7.15. The van der Waals surface area contributed by atoms with Crippen LogP contribution in [0.4, 0.5) is 34.1 Å². The van der Waals surface area contributed by atoms with Crippen molar-refractivity contribution in [2.24, 2.45) is 0 Å². The molecule has 56 heavy (non-hydrogen) atoms. The number of rotatable bonds is 7. The highest BCUT2D eigenvalue weighted by atomic mass is 32.1. The molecule has 0 unspecified atom stereocenters. The minimum atomic E-state index is 0.871. The molecule has 0 aliphatic heterocycles. The van der Waals surface area contributed by atoms with Crippen molar-refractivity contribution in [2.45, 2.75) is 0 Å². The number of para-hydroxylation sites is 4. The summed E-state index contributed by atoms with van der Waals surface area (Å²) in [6.07, 6.45) is 0. The zero-order valence-electron chi connectivity index (χ0n) is 30.3. The van der Waals surface area contributed by atoms with Gasteiger partial charge in [0.05, 0.1) is 11.4 Å². The van der Waals surface area contributed by atoms with E-state index in [-0.39, 0.29) is 0 Å². The average Bonchev–Trinajstić information content (AvgIpc) is 3.84. The fourth-order valence-electron chi connectivity index (χ4n) is 8.29. The van der Waals surface area contributed by atoms with Crippen molar-refractivity contribution < 1.29 is 4.42 Å². The Hall–Kier alpha value is -7.14. The first-order chi connectivity index (χ1) is 27.8. The Bertz CT molecular complexity index is 3200. The van der Waals surface area contributed by atoms with Gasteiger partial charge in [-0.2, -0.15) is 0 Å². The van der Waals surface area contributed by atoms with Crippen LogP contribution in [0.1, 0.15) is 0 Å². The summed E-state index contributed by atoms with van der Waals surface area (Å²) >= 11 is 1.85. The fourth-order valence-corrected chi connectivity index (χ4v) is 9.38. The summed E-state index contributed by atoms with van der Waals surface area (Å²) in [5.74, 6) is 0. The number of hydrogen-bond donors (Lipinski definition) is 0. The van der Waals surface area contributed by atoms with Gasteiger partial charge in [0.25, 0.3) is 0 Å². The summed E-state index contributed by atoms with van der Waals surface area (Å²) in [5.41, 5.74) is 10.6. The number of anilines is 6. The lowest BCUT2D eigenvalue weighted by atomic mass is 9.96. The smallest absolute Gasteiger partial charge is 0.159 e. The van der Waals surface area contributed by atoms with Gasteiger partial charge in [0, 0.05) is 59.1 Å². The number of benzene rings is 9.